The molecule has 0 aliphatic carbocycles. The Morgan fingerprint density at radius 2 is 2.00 bits per heavy atom. The van der Waals surface area contributed by atoms with Gasteiger partial charge in [0, 0.05) is 17.0 Å². The Kier molecular flexibility index (Phi) is 4.28. The number of hydrogen-bond acceptors (Lipinski definition) is 1. The van der Waals surface area contributed by atoms with Gasteiger partial charge in [0.05, 0.1) is 0 Å². The topological polar surface area (TPSA) is 12.9 Å². The lowest BCUT2D eigenvalue weighted by Gasteiger charge is -2.12. The highest BCUT2D eigenvalue weighted by atomic mass is 14.7. The molecular weight excluding hydrogens is 194 g/mol. The monoisotopic (exact) mass is 217 g/mol. The molecule has 1 atom stereocenters. The molecule has 0 spiro atoms. The first-order valence-electron chi connectivity index (χ1n) is 6.09. The molecule has 0 amide bonds. The van der Waals surface area contributed by atoms with Gasteiger partial charge in [-0.25, -0.2) is 0 Å². The molecule has 1 aromatic heterocycles. The third kappa shape index (κ3) is 2.94. The summed E-state index contributed by atoms with van der Waals surface area (Å²) in [5.74, 6) is 0.639. The first-order valence-corrected chi connectivity index (χ1v) is 6.09. The van der Waals surface area contributed by atoms with Crippen LogP contribution in [0.25, 0.3) is 5.57 Å². The van der Waals surface area contributed by atoms with Crippen molar-refractivity contribution < 1.29 is 0 Å². The van der Waals surface area contributed by atoms with Crippen LogP contribution in [0.4, 0.5) is 0 Å². The summed E-state index contributed by atoms with van der Waals surface area (Å²) < 4.78 is 0. The Morgan fingerprint density at radius 3 is 2.50 bits per heavy atom. The van der Waals surface area contributed by atoms with E-state index in [2.05, 4.69) is 58.7 Å². The van der Waals surface area contributed by atoms with E-state index < -0.39 is 0 Å². The van der Waals surface area contributed by atoms with Crippen LogP contribution < -0.4 is 0 Å². The predicted octanol–water partition coefficient (Wildman–Crippen LogP) is 4.46. The minimum absolute atomic E-state index is 0.639. The maximum absolute atomic E-state index is 4.55. The second kappa shape index (κ2) is 5.29. The Labute approximate surface area is 99.6 Å². The summed E-state index contributed by atoms with van der Waals surface area (Å²) in [6.07, 6.45) is 3.54. The van der Waals surface area contributed by atoms with Gasteiger partial charge in [-0.15, -0.1) is 0 Å². The number of rotatable bonds is 3. The SMILES string of the molecule is CCC(C)/C=C(/C)c1c(C)cc(C)nc1C. The first kappa shape index (κ1) is 13.0. The molecule has 88 valence electrons. The average molecular weight is 217 g/mol. The normalized spacial score (nSPS) is 14.0. The molecule has 0 saturated heterocycles. The third-order valence-electron chi connectivity index (χ3n) is 3.10. The lowest BCUT2D eigenvalue weighted by Crippen LogP contribution is -1.98. The number of aryl methyl sites for hydroxylation is 3. The summed E-state index contributed by atoms with van der Waals surface area (Å²) in [7, 11) is 0. The van der Waals surface area contributed by atoms with E-state index in [1.807, 2.05) is 0 Å². The minimum Gasteiger partial charge on any atom is -0.258 e. The molecule has 0 aromatic carbocycles. The van der Waals surface area contributed by atoms with E-state index in [4.69, 9.17) is 0 Å². The standard InChI is InChI=1S/C15H23N/c1-7-10(2)8-11(3)15-12(4)9-13(5)16-14(15)6/h8-10H,7H2,1-6H3/b11-8-. The maximum Gasteiger partial charge on any atom is 0.0453 e. The van der Waals surface area contributed by atoms with Crippen molar-refractivity contribution >= 4 is 5.57 Å². The Balaban J connectivity index is 3.18. The number of nitrogens with zero attached hydrogens (tertiary/aromatic N) is 1. The van der Waals surface area contributed by atoms with Crippen molar-refractivity contribution in [2.24, 2.45) is 5.92 Å². The van der Waals surface area contributed by atoms with Crippen molar-refractivity contribution in [2.75, 3.05) is 0 Å². The van der Waals surface area contributed by atoms with E-state index in [1.54, 1.807) is 0 Å². The van der Waals surface area contributed by atoms with Crippen LogP contribution in [0, 0.1) is 26.7 Å². The number of pyridine rings is 1. The van der Waals surface area contributed by atoms with Gasteiger partial charge in [0.2, 0.25) is 0 Å². The smallest absolute Gasteiger partial charge is 0.0453 e. The number of aromatic nitrogens is 1. The van der Waals surface area contributed by atoms with Crippen LogP contribution in [0.5, 0.6) is 0 Å². The van der Waals surface area contributed by atoms with E-state index in [-0.39, 0.29) is 0 Å². The molecule has 1 nitrogen and oxygen atoms in total. The zero-order valence-electron chi connectivity index (χ0n) is 11.4. The zero-order chi connectivity index (χ0) is 12.3. The van der Waals surface area contributed by atoms with Gasteiger partial charge in [0.15, 0.2) is 0 Å². The fraction of sp³-hybridized carbons (Fsp3) is 0.533. The van der Waals surface area contributed by atoms with Gasteiger partial charge in [-0.3, -0.25) is 4.98 Å². The number of hydrogen-bond donors (Lipinski definition) is 0. The van der Waals surface area contributed by atoms with Crippen molar-refractivity contribution in [1.29, 1.82) is 0 Å². The van der Waals surface area contributed by atoms with Gasteiger partial charge < -0.3 is 0 Å². The van der Waals surface area contributed by atoms with E-state index >= 15 is 0 Å². The molecule has 0 bridgehead atoms. The van der Waals surface area contributed by atoms with Gasteiger partial charge in [0.1, 0.15) is 0 Å². The first-order chi connectivity index (χ1) is 7.45. The summed E-state index contributed by atoms with van der Waals surface area (Å²) in [6, 6.07) is 2.16. The highest BCUT2D eigenvalue weighted by molar-refractivity contribution is 5.68. The summed E-state index contributed by atoms with van der Waals surface area (Å²) >= 11 is 0. The minimum atomic E-state index is 0.639. The van der Waals surface area contributed by atoms with Crippen molar-refractivity contribution in [3.63, 3.8) is 0 Å². The largest absolute Gasteiger partial charge is 0.258 e. The Bertz CT molecular complexity index is 379. The summed E-state index contributed by atoms with van der Waals surface area (Å²) in [4.78, 5) is 4.55. The van der Waals surface area contributed by atoms with Crippen LogP contribution >= 0.6 is 0 Å². The summed E-state index contributed by atoms with van der Waals surface area (Å²) in [6.45, 7) is 13.0. The molecule has 0 aliphatic heterocycles. The van der Waals surface area contributed by atoms with Crippen LogP contribution in [0.1, 0.15) is 49.7 Å². The Hall–Kier alpha value is -1.11. The van der Waals surface area contributed by atoms with Gasteiger partial charge in [-0.2, -0.15) is 0 Å². The molecule has 1 rings (SSSR count). The van der Waals surface area contributed by atoms with Crippen molar-refractivity contribution in [2.45, 2.75) is 48.0 Å². The quantitative estimate of drug-likeness (QED) is 0.728. The average Bonchev–Trinajstić information content (AvgIpc) is 2.15. The number of allylic oxidation sites excluding steroid dienone is 2. The molecule has 0 saturated carbocycles. The lowest BCUT2D eigenvalue weighted by molar-refractivity contribution is 0.699. The van der Waals surface area contributed by atoms with Gasteiger partial charge in [-0.05, 0) is 50.8 Å². The van der Waals surface area contributed by atoms with Gasteiger partial charge in [0.25, 0.3) is 0 Å². The zero-order valence-corrected chi connectivity index (χ0v) is 11.4. The molecule has 1 unspecified atom stereocenters. The van der Waals surface area contributed by atoms with Crippen LogP contribution in [0.2, 0.25) is 0 Å². The molecule has 1 heteroatoms. The fourth-order valence-electron chi connectivity index (χ4n) is 2.25. The van der Waals surface area contributed by atoms with Crippen LogP contribution in [0.15, 0.2) is 12.1 Å². The van der Waals surface area contributed by atoms with Crippen molar-refractivity contribution in [3.05, 3.63) is 34.7 Å². The van der Waals surface area contributed by atoms with E-state index in [0.717, 1.165) is 11.4 Å². The molecule has 1 aromatic rings. The van der Waals surface area contributed by atoms with E-state index in [0.29, 0.717) is 5.92 Å². The van der Waals surface area contributed by atoms with Crippen LogP contribution in [-0.4, -0.2) is 4.98 Å². The highest BCUT2D eigenvalue weighted by Gasteiger charge is 2.07. The molecule has 0 fully saturated rings. The van der Waals surface area contributed by atoms with Gasteiger partial charge >= 0.3 is 0 Å². The maximum atomic E-state index is 4.55. The predicted molar refractivity (Wildman–Crippen MR) is 71.6 cm³/mol. The van der Waals surface area contributed by atoms with E-state index in [9.17, 15) is 0 Å². The van der Waals surface area contributed by atoms with Crippen molar-refractivity contribution in [1.82, 2.24) is 4.98 Å². The molecule has 16 heavy (non-hydrogen) atoms. The third-order valence-corrected chi connectivity index (χ3v) is 3.10. The summed E-state index contributed by atoms with van der Waals surface area (Å²) in [5, 5.41) is 0. The molecule has 1 heterocycles. The van der Waals surface area contributed by atoms with Crippen molar-refractivity contribution in [3.8, 4) is 0 Å². The second-order valence-electron chi connectivity index (χ2n) is 4.78. The summed E-state index contributed by atoms with van der Waals surface area (Å²) in [5.41, 5.74) is 6.27. The molecule has 0 aliphatic rings. The molecule has 0 radical (unpaired) electrons. The second-order valence-corrected chi connectivity index (χ2v) is 4.78. The van der Waals surface area contributed by atoms with Crippen LogP contribution in [0.3, 0.4) is 0 Å². The lowest BCUT2D eigenvalue weighted by atomic mass is 9.96. The molecular formula is C15H23N. The van der Waals surface area contributed by atoms with E-state index in [1.165, 1.54) is 23.1 Å². The molecule has 0 N–H and O–H groups in total. The Morgan fingerprint density at radius 1 is 1.38 bits per heavy atom. The fourth-order valence-corrected chi connectivity index (χ4v) is 2.25. The van der Waals surface area contributed by atoms with Crippen LogP contribution in [-0.2, 0) is 0 Å². The highest BCUT2D eigenvalue weighted by Crippen LogP contribution is 2.24. The van der Waals surface area contributed by atoms with Gasteiger partial charge in [-0.1, -0.05) is 26.3 Å².